The molecule has 0 bridgehead atoms. The van der Waals surface area contributed by atoms with E-state index in [4.69, 9.17) is 9.84 Å². The van der Waals surface area contributed by atoms with Gasteiger partial charge in [-0.3, -0.25) is 9.78 Å². The highest BCUT2D eigenvalue weighted by molar-refractivity contribution is 6.00. The molecule has 1 aromatic carbocycles. The highest BCUT2D eigenvalue weighted by atomic mass is 16.5. The summed E-state index contributed by atoms with van der Waals surface area (Å²) < 4.78 is 5.11. The van der Waals surface area contributed by atoms with Gasteiger partial charge in [-0.2, -0.15) is 0 Å². The van der Waals surface area contributed by atoms with Gasteiger partial charge in [0.1, 0.15) is 5.69 Å². The Morgan fingerprint density at radius 2 is 2.00 bits per heavy atom. The van der Waals surface area contributed by atoms with Gasteiger partial charge in [0.25, 0.3) is 0 Å². The molecular formula is C19H19N3O4. The third-order valence-corrected chi connectivity index (χ3v) is 3.82. The van der Waals surface area contributed by atoms with Gasteiger partial charge in [0.15, 0.2) is 0 Å². The average Bonchev–Trinajstić information content (AvgIpc) is 3.15. The fourth-order valence-electron chi connectivity index (χ4n) is 2.54. The van der Waals surface area contributed by atoms with E-state index in [0.29, 0.717) is 17.8 Å². The lowest BCUT2D eigenvalue weighted by Gasteiger charge is -2.08. The van der Waals surface area contributed by atoms with Crippen molar-refractivity contribution in [3.05, 3.63) is 60.0 Å². The number of aromatic nitrogens is 2. The standard InChI is InChI=1S/C19H19N3O4/c23-12-14-8-9-16(21-14)19(25)26-11-3-7-17(24)22-15-6-1-4-13-5-2-10-20-18(13)15/h1-2,4-6,8-10,21,23H,3,7,11-12H2,(H,22,24). The molecule has 0 aliphatic rings. The Morgan fingerprint density at radius 3 is 2.81 bits per heavy atom. The Bertz CT molecular complexity index is 915. The number of carbonyl (C=O) groups is 2. The summed E-state index contributed by atoms with van der Waals surface area (Å²) in [5.74, 6) is -0.676. The maximum Gasteiger partial charge on any atom is 0.354 e. The molecule has 7 heteroatoms. The van der Waals surface area contributed by atoms with Crippen molar-refractivity contribution in [2.24, 2.45) is 0 Å². The molecule has 0 unspecified atom stereocenters. The van der Waals surface area contributed by atoms with Crippen LogP contribution >= 0.6 is 0 Å². The summed E-state index contributed by atoms with van der Waals surface area (Å²) in [6.07, 6.45) is 2.31. The zero-order valence-electron chi connectivity index (χ0n) is 14.1. The second kappa shape index (κ2) is 8.26. The van der Waals surface area contributed by atoms with Crippen LogP contribution in [0.3, 0.4) is 0 Å². The smallest absolute Gasteiger partial charge is 0.354 e. The molecule has 2 aromatic heterocycles. The number of ether oxygens (including phenoxy) is 1. The first-order valence-electron chi connectivity index (χ1n) is 8.27. The van der Waals surface area contributed by atoms with E-state index in [1.54, 1.807) is 24.4 Å². The highest BCUT2D eigenvalue weighted by Gasteiger charge is 2.11. The molecule has 3 rings (SSSR count). The van der Waals surface area contributed by atoms with Crippen LogP contribution in [0, 0.1) is 0 Å². The van der Waals surface area contributed by atoms with Gasteiger partial charge in [-0.1, -0.05) is 18.2 Å². The normalized spacial score (nSPS) is 10.7. The fourth-order valence-corrected chi connectivity index (χ4v) is 2.54. The Morgan fingerprint density at radius 1 is 1.15 bits per heavy atom. The highest BCUT2D eigenvalue weighted by Crippen LogP contribution is 2.20. The summed E-state index contributed by atoms with van der Waals surface area (Å²) in [4.78, 5) is 31.0. The number of H-pyrrole nitrogens is 1. The number of rotatable bonds is 7. The number of para-hydroxylation sites is 1. The number of amides is 1. The number of aliphatic hydroxyl groups is 1. The minimum absolute atomic E-state index is 0.132. The van der Waals surface area contributed by atoms with Crippen molar-refractivity contribution in [2.45, 2.75) is 19.4 Å². The molecule has 0 saturated heterocycles. The van der Waals surface area contributed by atoms with Crippen molar-refractivity contribution in [1.82, 2.24) is 9.97 Å². The van der Waals surface area contributed by atoms with Crippen LogP contribution in [-0.4, -0.2) is 33.6 Å². The number of benzene rings is 1. The summed E-state index contributed by atoms with van der Waals surface area (Å²) in [5.41, 5.74) is 2.22. The van der Waals surface area contributed by atoms with Gasteiger partial charge in [-0.25, -0.2) is 4.79 Å². The third kappa shape index (κ3) is 4.25. The molecule has 3 aromatic rings. The molecule has 0 aliphatic carbocycles. The molecule has 134 valence electrons. The number of aromatic amines is 1. The van der Waals surface area contributed by atoms with Crippen LogP contribution in [0.2, 0.25) is 0 Å². The summed E-state index contributed by atoms with van der Waals surface area (Å²) >= 11 is 0. The summed E-state index contributed by atoms with van der Waals surface area (Å²) in [7, 11) is 0. The molecular weight excluding hydrogens is 334 g/mol. The maximum absolute atomic E-state index is 12.1. The van der Waals surface area contributed by atoms with Crippen molar-refractivity contribution in [3.8, 4) is 0 Å². The molecule has 1 amide bonds. The topological polar surface area (TPSA) is 104 Å². The second-order valence-corrected chi connectivity index (χ2v) is 5.72. The number of aliphatic hydroxyl groups excluding tert-OH is 1. The van der Waals surface area contributed by atoms with Gasteiger partial charge in [0, 0.05) is 23.7 Å². The molecule has 0 fully saturated rings. The van der Waals surface area contributed by atoms with Gasteiger partial charge in [0.05, 0.1) is 24.4 Å². The van der Waals surface area contributed by atoms with Crippen LogP contribution in [0.25, 0.3) is 10.9 Å². The van der Waals surface area contributed by atoms with E-state index in [1.165, 1.54) is 0 Å². The molecule has 7 nitrogen and oxygen atoms in total. The maximum atomic E-state index is 12.1. The van der Waals surface area contributed by atoms with Crippen LogP contribution in [0.1, 0.15) is 29.0 Å². The van der Waals surface area contributed by atoms with E-state index in [0.717, 1.165) is 10.9 Å². The van der Waals surface area contributed by atoms with E-state index < -0.39 is 5.97 Å². The monoisotopic (exact) mass is 353 g/mol. The molecule has 0 spiro atoms. The Hall–Kier alpha value is -3.19. The Labute approximate surface area is 150 Å². The number of fused-ring (bicyclic) bond motifs is 1. The third-order valence-electron chi connectivity index (χ3n) is 3.82. The van der Waals surface area contributed by atoms with Crippen LogP contribution in [0.4, 0.5) is 5.69 Å². The molecule has 0 aliphatic heterocycles. The van der Waals surface area contributed by atoms with Crippen molar-refractivity contribution in [2.75, 3.05) is 11.9 Å². The van der Waals surface area contributed by atoms with E-state index in [-0.39, 0.29) is 31.2 Å². The van der Waals surface area contributed by atoms with Crippen LogP contribution in [-0.2, 0) is 16.1 Å². The molecule has 26 heavy (non-hydrogen) atoms. The van der Waals surface area contributed by atoms with E-state index in [1.807, 2.05) is 24.3 Å². The predicted molar refractivity (Wildman–Crippen MR) is 96.6 cm³/mol. The number of hydrogen-bond donors (Lipinski definition) is 3. The first-order chi connectivity index (χ1) is 12.7. The summed E-state index contributed by atoms with van der Waals surface area (Å²) in [6.45, 7) is -0.0377. The minimum atomic E-state index is -0.511. The molecule has 2 heterocycles. The molecule has 0 atom stereocenters. The van der Waals surface area contributed by atoms with Gasteiger partial charge >= 0.3 is 5.97 Å². The number of nitrogens with one attached hydrogen (secondary N) is 2. The van der Waals surface area contributed by atoms with Gasteiger partial charge in [-0.15, -0.1) is 0 Å². The van der Waals surface area contributed by atoms with Gasteiger partial charge in [-0.05, 0) is 30.7 Å². The average molecular weight is 353 g/mol. The lowest BCUT2D eigenvalue weighted by Crippen LogP contribution is -2.14. The summed E-state index contributed by atoms with van der Waals surface area (Å²) in [5, 5.41) is 12.8. The van der Waals surface area contributed by atoms with E-state index in [9.17, 15) is 9.59 Å². The van der Waals surface area contributed by atoms with E-state index in [2.05, 4.69) is 15.3 Å². The number of carbonyl (C=O) groups excluding carboxylic acids is 2. The largest absolute Gasteiger partial charge is 0.461 e. The first kappa shape index (κ1) is 17.6. The van der Waals surface area contributed by atoms with Crippen molar-refractivity contribution in [1.29, 1.82) is 0 Å². The number of nitrogens with zero attached hydrogens (tertiary/aromatic N) is 1. The Kier molecular flexibility index (Phi) is 5.60. The first-order valence-corrected chi connectivity index (χ1v) is 8.27. The van der Waals surface area contributed by atoms with Gasteiger partial charge in [0.2, 0.25) is 5.91 Å². The Balaban J connectivity index is 1.46. The number of hydrogen-bond acceptors (Lipinski definition) is 5. The number of pyridine rings is 1. The lowest BCUT2D eigenvalue weighted by molar-refractivity contribution is -0.116. The van der Waals surface area contributed by atoms with Crippen molar-refractivity contribution in [3.63, 3.8) is 0 Å². The second-order valence-electron chi connectivity index (χ2n) is 5.72. The SMILES string of the molecule is O=C(CCCOC(=O)c1ccc(CO)[nH]1)Nc1cccc2cccnc12. The minimum Gasteiger partial charge on any atom is -0.461 e. The van der Waals surface area contributed by atoms with Gasteiger partial charge < -0.3 is 20.1 Å². The number of esters is 1. The van der Waals surface area contributed by atoms with E-state index >= 15 is 0 Å². The van der Waals surface area contributed by atoms with Crippen LogP contribution in [0.15, 0.2) is 48.7 Å². The van der Waals surface area contributed by atoms with Crippen molar-refractivity contribution < 1.29 is 19.4 Å². The fraction of sp³-hybridized carbons (Fsp3) is 0.211. The molecule has 0 saturated carbocycles. The quantitative estimate of drug-likeness (QED) is 0.447. The van der Waals surface area contributed by atoms with Crippen molar-refractivity contribution >= 4 is 28.5 Å². The molecule has 0 radical (unpaired) electrons. The zero-order valence-corrected chi connectivity index (χ0v) is 14.1. The van der Waals surface area contributed by atoms with Crippen LogP contribution in [0.5, 0.6) is 0 Å². The number of anilines is 1. The zero-order chi connectivity index (χ0) is 18.4. The van der Waals surface area contributed by atoms with Crippen LogP contribution < -0.4 is 5.32 Å². The lowest BCUT2D eigenvalue weighted by atomic mass is 10.2. The predicted octanol–water partition coefficient (Wildman–Crippen LogP) is 2.63. The summed E-state index contributed by atoms with van der Waals surface area (Å²) in [6, 6.07) is 12.5. The molecule has 3 N–H and O–H groups in total.